The highest BCUT2D eigenvalue weighted by Crippen LogP contribution is 2.18. The van der Waals surface area contributed by atoms with Crippen molar-refractivity contribution in [2.45, 2.75) is 25.3 Å². The van der Waals surface area contributed by atoms with Crippen LogP contribution in [0.4, 0.5) is 0 Å². The maximum Gasteiger partial charge on any atom is 0.252 e. The fourth-order valence-corrected chi connectivity index (χ4v) is 2.19. The van der Waals surface area contributed by atoms with E-state index in [0.717, 1.165) is 12.8 Å². The summed E-state index contributed by atoms with van der Waals surface area (Å²) < 4.78 is 0. The lowest BCUT2D eigenvalue weighted by atomic mass is 10.3. The second kappa shape index (κ2) is 7.04. The number of amides is 3. The lowest BCUT2D eigenvalue weighted by molar-refractivity contribution is -0.126. The van der Waals surface area contributed by atoms with E-state index in [0.29, 0.717) is 11.6 Å². The largest absolute Gasteiger partial charge is 0.352 e. The van der Waals surface area contributed by atoms with Gasteiger partial charge in [-0.2, -0.15) is 11.3 Å². The summed E-state index contributed by atoms with van der Waals surface area (Å²) in [6.45, 7) is 0.249. The van der Waals surface area contributed by atoms with Crippen LogP contribution in [0.15, 0.2) is 16.8 Å². The van der Waals surface area contributed by atoms with E-state index in [1.54, 1.807) is 11.4 Å². The summed E-state index contributed by atoms with van der Waals surface area (Å²) in [5.74, 6) is -0.602. The van der Waals surface area contributed by atoms with Gasteiger partial charge in [-0.25, -0.2) is 0 Å². The van der Waals surface area contributed by atoms with E-state index in [9.17, 15) is 14.4 Å². The number of carbonyl (C=O) groups excluding carboxylic acids is 3. The van der Waals surface area contributed by atoms with Crippen molar-refractivity contribution in [2.75, 3.05) is 13.1 Å². The molecule has 1 saturated carbocycles. The van der Waals surface area contributed by atoms with E-state index in [1.807, 2.05) is 5.38 Å². The zero-order chi connectivity index (χ0) is 14.4. The Morgan fingerprint density at radius 2 is 2.00 bits per heavy atom. The molecule has 7 heteroatoms. The SMILES string of the molecule is O=C(CCNC(=O)c1ccsc1)NCC(=O)NC1CC1. The molecule has 0 bridgehead atoms. The van der Waals surface area contributed by atoms with Gasteiger partial charge in [-0.15, -0.1) is 0 Å². The van der Waals surface area contributed by atoms with Gasteiger partial charge in [0.1, 0.15) is 0 Å². The van der Waals surface area contributed by atoms with E-state index in [-0.39, 0.29) is 37.2 Å². The normalized spacial score (nSPS) is 13.6. The maximum atomic E-state index is 11.6. The molecule has 0 saturated heterocycles. The summed E-state index contributed by atoms with van der Waals surface area (Å²) in [4.78, 5) is 34.4. The average molecular weight is 295 g/mol. The molecule has 3 amide bonds. The quantitative estimate of drug-likeness (QED) is 0.674. The van der Waals surface area contributed by atoms with Gasteiger partial charge in [0, 0.05) is 30.0 Å². The number of rotatable bonds is 7. The van der Waals surface area contributed by atoms with Crippen LogP contribution in [0.1, 0.15) is 29.6 Å². The molecule has 1 fully saturated rings. The Hall–Kier alpha value is -1.89. The molecule has 1 aromatic rings. The molecular formula is C13H17N3O3S. The van der Waals surface area contributed by atoms with Gasteiger partial charge >= 0.3 is 0 Å². The summed E-state index contributed by atoms with van der Waals surface area (Å²) >= 11 is 1.44. The van der Waals surface area contributed by atoms with Crippen LogP contribution in [-0.4, -0.2) is 36.9 Å². The third-order valence-electron chi connectivity index (χ3n) is 2.81. The molecular weight excluding hydrogens is 278 g/mol. The molecule has 108 valence electrons. The van der Waals surface area contributed by atoms with Crippen LogP contribution in [0.3, 0.4) is 0 Å². The van der Waals surface area contributed by atoms with Gasteiger partial charge < -0.3 is 16.0 Å². The summed E-state index contributed by atoms with van der Waals surface area (Å²) in [5.41, 5.74) is 0.596. The average Bonchev–Trinajstić information content (AvgIpc) is 3.06. The van der Waals surface area contributed by atoms with Gasteiger partial charge in [0.15, 0.2) is 0 Å². The second-order valence-electron chi connectivity index (χ2n) is 4.64. The molecule has 0 aromatic carbocycles. The van der Waals surface area contributed by atoms with Crippen LogP contribution < -0.4 is 16.0 Å². The summed E-state index contributed by atoms with van der Waals surface area (Å²) in [7, 11) is 0. The van der Waals surface area contributed by atoms with Gasteiger partial charge in [0.25, 0.3) is 5.91 Å². The standard InChI is InChI=1S/C13H17N3O3S/c17-11(15-7-12(18)16-10-1-2-10)3-5-14-13(19)9-4-6-20-8-9/h4,6,8,10H,1-3,5,7H2,(H,14,19)(H,15,17)(H,16,18). The fourth-order valence-electron chi connectivity index (χ4n) is 1.56. The van der Waals surface area contributed by atoms with Crippen LogP contribution in [0.5, 0.6) is 0 Å². The molecule has 3 N–H and O–H groups in total. The van der Waals surface area contributed by atoms with Crippen molar-refractivity contribution in [3.63, 3.8) is 0 Å². The highest BCUT2D eigenvalue weighted by molar-refractivity contribution is 7.08. The van der Waals surface area contributed by atoms with Crippen molar-refractivity contribution in [3.8, 4) is 0 Å². The third-order valence-corrected chi connectivity index (χ3v) is 3.49. The third kappa shape index (κ3) is 5.00. The Bertz CT molecular complexity index is 483. The van der Waals surface area contributed by atoms with Crippen molar-refractivity contribution in [2.24, 2.45) is 0 Å². The van der Waals surface area contributed by atoms with Gasteiger partial charge in [0.2, 0.25) is 11.8 Å². The van der Waals surface area contributed by atoms with Crippen LogP contribution in [0.25, 0.3) is 0 Å². The summed E-state index contributed by atoms with van der Waals surface area (Å²) in [6.07, 6.45) is 2.20. The molecule has 0 radical (unpaired) electrons. The van der Waals surface area contributed by atoms with Crippen LogP contribution in [0, 0.1) is 0 Å². The number of hydrogen-bond acceptors (Lipinski definition) is 4. The predicted octanol–water partition coefficient (Wildman–Crippen LogP) is 0.263. The lowest BCUT2D eigenvalue weighted by Gasteiger charge is -2.06. The Morgan fingerprint density at radius 3 is 2.65 bits per heavy atom. The van der Waals surface area contributed by atoms with Crippen molar-refractivity contribution < 1.29 is 14.4 Å². The molecule has 6 nitrogen and oxygen atoms in total. The summed E-state index contributed by atoms with van der Waals surface area (Å²) in [5, 5.41) is 11.5. The molecule has 0 unspecified atom stereocenters. The van der Waals surface area contributed by atoms with Crippen molar-refractivity contribution in [3.05, 3.63) is 22.4 Å². The van der Waals surface area contributed by atoms with Crippen LogP contribution in [0.2, 0.25) is 0 Å². The smallest absolute Gasteiger partial charge is 0.252 e. The van der Waals surface area contributed by atoms with E-state index < -0.39 is 0 Å². The van der Waals surface area contributed by atoms with Crippen molar-refractivity contribution in [1.82, 2.24) is 16.0 Å². The molecule has 20 heavy (non-hydrogen) atoms. The van der Waals surface area contributed by atoms with Crippen LogP contribution >= 0.6 is 11.3 Å². The van der Waals surface area contributed by atoms with Crippen molar-refractivity contribution >= 4 is 29.1 Å². The monoisotopic (exact) mass is 295 g/mol. The molecule has 0 spiro atoms. The summed E-state index contributed by atoms with van der Waals surface area (Å²) in [6, 6.07) is 2.02. The Labute approximate surface area is 120 Å². The Balaban J connectivity index is 1.55. The molecule has 1 aromatic heterocycles. The number of nitrogens with one attached hydrogen (secondary N) is 3. The number of thiophene rings is 1. The molecule has 0 aliphatic heterocycles. The highest BCUT2D eigenvalue weighted by atomic mass is 32.1. The van der Waals surface area contributed by atoms with E-state index >= 15 is 0 Å². The second-order valence-corrected chi connectivity index (χ2v) is 5.42. The Kier molecular flexibility index (Phi) is 5.11. The highest BCUT2D eigenvalue weighted by Gasteiger charge is 2.23. The molecule has 2 rings (SSSR count). The zero-order valence-electron chi connectivity index (χ0n) is 11.0. The molecule has 1 aliphatic carbocycles. The maximum absolute atomic E-state index is 11.6. The first-order valence-electron chi connectivity index (χ1n) is 6.51. The lowest BCUT2D eigenvalue weighted by Crippen LogP contribution is -2.39. The van der Waals surface area contributed by atoms with E-state index in [4.69, 9.17) is 0 Å². The van der Waals surface area contributed by atoms with Gasteiger partial charge in [-0.3, -0.25) is 14.4 Å². The van der Waals surface area contributed by atoms with E-state index in [2.05, 4.69) is 16.0 Å². The molecule has 1 heterocycles. The number of hydrogen-bond donors (Lipinski definition) is 3. The minimum atomic E-state index is -0.249. The fraction of sp³-hybridized carbons (Fsp3) is 0.462. The minimum absolute atomic E-state index is 0.00614. The van der Waals surface area contributed by atoms with Crippen LogP contribution in [-0.2, 0) is 9.59 Å². The molecule has 1 aliphatic rings. The van der Waals surface area contributed by atoms with Gasteiger partial charge in [0.05, 0.1) is 6.54 Å². The molecule has 0 atom stereocenters. The van der Waals surface area contributed by atoms with Gasteiger partial charge in [-0.05, 0) is 24.3 Å². The first kappa shape index (κ1) is 14.5. The zero-order valence-corrected chi connectivity index (χ0v) is 11.8. The van der Waals surface area contributed by atoms with Gasteiger partial charge in [-0.1, -0.05) is 0 Å². The Morgan fingerprint density at radius 1 is 1.20 bits per heavy atom. The number of carbonyl (C=O) groups is 3. The minimum Gasteiger partial charge on any atom is -0.352 e. The predicted molar refractivity (Wildman–Crippen MR) is 75.4 cm³/mol. The topological polar surface area (TPSA) is 87.3 Å². The van der Waals surface area contributed by atoms with E-state index in [1.165, 1.54) is 11.3 Å². The first-order chi connectivity index (χ1) is 9.65. The van der Waals surface area contributed by atoms with Crippen molar-refractivity contribution in [1.29, 1.82) is 0 Å². The first-order valence-corrected chi connectivity index (χ1v) is 7.46.